The zero-order valence-electron chi connectivity index (χ0n) is 13.2. The van der Waals surface area contributed by atoms with Crippen molar-refractivity contribution < 1.29 is 14.3 Å². The highest BCUT2D eigenvalue weighted by molar-refractivity contribution is 6.34. The van der Waals surface area contributed by atoms with Gasteiger partial charge in [-0.25, -0.2) is 4.79 Å². The molecule has 1 amide bonds. The largest absolute Gasteiger partial charge is 0.452 e. The molecular formula is C18H15ClN2O3. The van der Waals surface area contributed by atoms with Gasteiger partial charge in [0.1, 0.15) is 0 Å². The lowest BCUT2D eigenvalue weighted by Gasteiger charge is -2.11. The monoisotopic (exact) mass is 342 g/mol. The smallest absolute Gasteiger partial charge is 0.338 e. The van der Waals surface area contributed by atoms with Crippen molar-refractivity contribution in [3.05, 3.63) is 63.7 Å². The van der Waals surface area contributed by atoms with E-state index in [2.05, 4.69) is 5.32 Å². The lowest BCUT2D eigenvalue weighted by Crippen LogP contribution is -2.21. The average molecular weight is 343 g/mol. The summed E-state index contributed by atoms with van der Waals surface area (Å²) < 4.78 is 4.96. The zero-order valence-corrected chi connectivity index (χ0v) is 14.0. The number of hydrogen-bond acceptors (Lipinski definition) is 4. The van der Waals surface area contributed by atoms with Gasteiger partial charge in [-0.3, -0.25) is 4.79 Å². The molecule has 6 heteroatoms. The molecule has 2 aromatic rings. The fourth-order valence-electron chi connectivity index (χ4n) is 2.18. The zero-order chi connectivity index (χ0) is 17.7. The van der Waals surface area contributed by atoms with E-state index in [1.54, 1.807) is 18.2 Å². The van der Waals surface area contributed by atoms with Crippen LogP contribution in [0.2, 0.25) is 5.02 Å². The van der Waals surface area contributed by atoms with Gasteiger partial charge in [0.2, 0.25) is 0 Å². The van der Waals surface area contributed by atoms with Gasteiger partial charge >= 0.3 is 5.97 Å². The molecule has 122 valence electrons. The van der Waals surface area contributed by atoms with Crippen LogP contribution < -0.4 is 5.32 Å². The van der Waals surface area contributed by atoms with Crippen LogP contribution in [0.1, 0.15) is 27.0 Å². The molecule has 0 spiro atoms. The number of hydrogen-bond donors (Lipinski definition) is 1. The Labute approximate surface area is 144 Å². The molecule has 5 nitrogen and oxygen atoms in total. The number of benzene rings is 2. The Hall–Kier alpha value is -2.84. The molecule has 0 atom stereocenters. The Kier molecular flexibility index (Phi) is 5.56. The molecule has 0 aliphatic heterocycles. The maximum Gasteiger partial charge on any atom is 0.338 e. The molecule has 0 unspecified atom stereocenters. The van der Waals surface area contributed by atoms with Crippen molar-refractivity contribution in [1.29, 1.82) is 5.26 Å². The van der Waals surface area contributed by atoms with Crippen LogP contribution in [0.4, 0.5) is 5.69 Å². The Balaban J connectivity index is 1.98. The third-order valence-corrected chi connectivity index (χ3v) is 3.56. The number of carbonyl (C=O) groups is 2. The predicted molar refractivity (Wildman–Crippen MR) is 91.0 cm³/mol. The lowest BCUT2D eigenvalue weighted by molar-refractivity contribution is -0.119. The fourth-order valence-corrected chi connectivity index (χ4v) is 2.55. The van der Waals surface area contributed by atoms with Crippen LogP contribution in [0, 0.1) is 25.2 Å². The molecule has 0 radical (unpaired) electrons. The van der Waals surface area contributed by atoms with Gasteiger partial charge < -0.3 is 10.1 Å². The summed E-state index contributed by atoms with van der Waals surface area (Å²) in [6, 6.07) is 11.6. The van der Waals surface area contributed by atoms with E-state index < -0.39 is 18.5 Å². The SMILES string of the molecule is Cc1cc(C)c(NC(=O)COC(=O)c2cccc(C#N)c2)c(Cl)c1. The number of esters is 1. The fraction of sp³-hybridized carbons (Fsp3) is 0.167. The molecule has 0 aliphatic carbocycles. The maximum absolute atomic E-state index is 12.0. The molecule has 1 N–H and O–H groups in total. The van der Waals surface area contributed by atoms with Crippen LogP contribution in [-0.2, 0) is 9.53 Å². The minimum Gasteiger partial charge on any atom is -0.452 e. The Morgan fingerprint density at radius 2 is 2.00 bits per heavy atom. The highest BCUT2D eigenvalue weighted by Crippen LogP contribution is 2.27. The standard InChI is InChI=1S/C18H15ClN2O3/c1-11-6-12(2)17(15(19)7-11)21-16(22)10-24-18(23)14-5-3-4-13(8-14)9-20/h3-8H,10H2,1-2H3,(H,21,22). The minimum atomic E-state index is -0.672. The summed E-state index contributed by atoms with van der Waals surface area (Å²) in [5.41, 5.74) is 2.86. The van der Waals surface area contributed by atoms with E-state index in [9.17, 15) is 9.59 Å². The number of amides is 1. The van der Waals surface area contributed by atoms with Gasteiger partial charge in [-0.15, -0.1) is 0 Å². The topological polar surface area (TPSA) is 79.2 Å². The summed E-state index contributed by atoms with van der Waals surface area (Å²) in [4.78, 5) is 23.9. The normalized spacial score (nSPS) is 9.92. The Morgan fingerprint density at radius 3 is 2.67 bits per heavy atom. The number of rotatable bonds is 4. The van der Waals surface area contributed by atoms with Crippen molar-refractivity contribution >= 4 is 29.2 Å². The van der Waals surface area contributed by atoms with Crippen LogP contribution in [-0.4, -0.2) is 18.5 Å². The first kappa shape index (κ1) is 17.5. The second-order valence-electron chi connectivity index (χ2n) is 5.26. The number of carbonyl (C=O) groups excluding carboxylic acids is 2. The van der Waals surface area contributed by atoms with E-state index in [1.165, 1.54) is 12.1 Å². The third-order valence-electron chi connectivity index (χ3n) is 3.26. The third kappa shape index (κ3) is 4.34. The molecule has 0 heterocycles. The van der Waals surface area contributed by atoms with Crippen LogP contribution in [0.15, 0.2) is 36.4 Å². The average Bonchev–Trinajstić information content (AvgIpc) is 2.56. The predicted octanol–water partition coefficient (Wildman–Crippen LogP) is 3.62. The summed E-state index contributed by atoms with van der Waals surface area (Å²) in [6.07, 6.45) is 0. The Morgan fingerprint density at radius 1 is 1.25 bits per heavy atom. The van der Waals surface area contributed by atoms with Crippen LogP contribution in [0.3, 0.4) is 0 Å². The molecule has 0 aliphatic rings. The maximum atomic E-state index is 12.0. The molecule has 2 rings (SSSR count). The molecular weight excluding hydrogens is 328 g/mol. The van der Waals surface area contributed by atoms with Gasteiger partial charge in [0, 0.05) is 0 Å². The summed E-state index contributed by atoms with van der Waals surface area (Å²) in [5, 5.41) is 11.9. The molecule has 0 bridgehead atoms. The number of aryl methyl sites for hydroxylation is 2. The molecule has 0 fully saturated rings. The highest BCUT2D eigenvalue weighted by Gasteiger charge is 2.13. The van der Waals surface area contributed by atoms with E-state index in [4.69, 9.17) is 21.6 Å². The van der Waals surface area contributed by atoms with Gasteiger partial charge in [-0.05, 0) is 49.2 Å². The second-order valence-corrected chi connectivity index (χ2v) is 5.66. The summed E-state index contributed by atoms with van der Waals surface area (Å²) in [5.74, 6) is -1.16. The van der Waals surface area contributed by atoms with Gasteiger partial charge in [-0.1, -0.05) is 23.7 Å². The van der Waals surface area contributed by atoms with Crippen molar-refractivity contribution in [3.8, 4) is 6.07 Å². The molecule has 2 aromatic carbocycles. The minimum absolute atomic E-state index is 0.214. The van der Waals surface area contributed by atoms with E-state index in [1.807, 2.05) is 26.0 Å². The lowest BCUT2D eigenvalue weighted by atomic mass is 10.1. The second kappa shape index (κ2) is 7.62. The van der Waals surface area contributed by atoms with Crippen LogP contribution >= 0.6 is 11.6 Å². The number of nitrogens with one attached hydrogen (secondary N) is 1. The van der Waals surface area contributed by atoms with Gasteiger partial charge in [-0.2, -0.15) is 5.26 Å². The van der Waals surface area contributed by atoms with Gasteiger partial charge in [0.15, 0.2) is 6.61 Å². The number of anilines is 1. The molecule has 0 saturated heterocycles. The van der Waals surface area contributed by atoms with E-state index in [-0.39, 0.29) is 5.56 Å². The van der Waals surface area contributed by atoms with E-state index in [0.717, 1.165) is 11.1 Å². The molecule has 0 saturated carbocycles. The Bertz CT molecular complexity index is 817. The van der Waals surface area contributed by atoms with E-state index in [0.29, 0.717) is 16.3 Å². The summed E-state index contributed by atoms with van der Waals surface area (Å²) in [6.45, 7) is 3.29. The number of nitrogens with zero attached hydrogens (tertiary/aromatic N) is 1. The first-order valence-corrected chi connectivity index (χ1v) is 7.52. The van der Waals surface area contributed by atoms with Crippen molar-refractivity contribution in [2.75, 3.05) is 11.9 Å². The first-order chi connectivity index (χ1) is 11.4. The van der Waals surface area contributed by atoms with Crippen molar-refractivity contribution in [3.63, 3.8) is 0 Å². The summed E-state index contributed by atoms with van der Waals surface area (Å²) >= 11 is 6.12. The van der Waals surface area contributed by atoms with Gasteiger partial charge in [0.05, 0.1) is 27.9 Å². The molecule has 0 aromatic heterocycles. The number of nitriles is 1. The van der Waals surface area contributed by atoms with Crippen molar-refractivity contribution in [2.24, 2.45) is 0 Å². The van der Waals surface area contributed by atoms with Crippen LogP contribution in [0.5, 0.6) is 0 Å². The van der Waals surface area contributed by atoms with Crippen molar-refractivity contribution in [1.82, 2.24) is 0 Å². The number of halogens is 1. The van der Waals surface area contributed by atoms with E-state index >= 15 is 0 Å². The van der Waals surface area contributed by atoms with Crippen molar-refractivity contribution in [2.45, 2.75) is 13.8 Å². The van der Waals surface area contributed by atoms with Crippen LogP contribution in [0.25, 0.3) is 0 Å². The quantitative estimate of drug-likeness (QED) is 0.860. The number of ether oxygens (including phenoxy) is 1. The first-order valence-electron chi connectivity index (χ1n) is 7.14. The highest BCUT2D eigenvalue weighted by atomic mass is 35.5. The molecule has 24 heavy (non-hydrogen) atoms. The summed E-state index contributed by atoms with van der Waals surface area (Å²) in [7, 11) is 0. The van der Waals surface area contributed by atoms with Gasteiger partial charge in [0.25, 0.3) is 5.91 Å².